The zero-order valence-electron chi connectivity index (χ0n) is 18.9. The van der Waals surface area contributed by atoms with Crippen molar-refractivity contribution in [3.05, 3.63) is 42.5 Å². The van der Waals surface area contributed by atoms with Crippen molar-refractivity contribution in [2.75, 3.05) is 38.2 Å². The number of likely N-dealkylation sites (N-methyl/N-ethyl adjacent to an activating group) is 1. The first-order chi connectivity index (χ1) is 15.5. The smallest absolute Gasteiger partial charge is 0.273 e. The van der Waals surface area contributed by atoms with Crippen molar-refractivity contribution in [3.63, 3.8) is 0 Å². The summed E-state index contributed by atoms with van der Waals surface area (Å²) in [6, 6.07) is 13.2. The Bertz CT molecular complexity index is 1080. The van der Waals surface area contributed by atoms with Crippen molar-refractivity contribution in [1.82, 2.24) is 9.88 Å². The van der Waals surface area contributed by atoms with Gasteiger partial charge in [0.2, 0.25) is 6.10 Å². The van der Waals surface area contributed by atoms with Gasteiger partial charge in [-0.2, -0.15) is 0 Å². The first kappa shape index (κ1) is 22.4. The van der Waals surface area contributed by atoms with E-state index in [1.165, 1.54) is 11.3 Å². The third-order valence-corrected chi connectivity index (χ3v) is 6.74. The Morgan fingerprint density at radius 1 is 1.09 bits per heavy atom. The van der Waals surface area contributed by atoms with E-state index in [1.54, 1.807) is 12.0 Å². The van der Waals surface area contributed by atoms with Crippen molar-refractivity contribution >= 4 is 32.6 Å². The quantitative estimate of drug-likeness (QED) is 0.507. The van der Waals surface area contributed by atoms with E-state index in [9.17, 15) is 4.79 Å². The molecule has 32 heavy (non-hydrogen) atoms. The largest absolute Gasteiger partial charge is 0.497 e. The molecule has 170 valence electrons. The predicted octanol–water partition coefficient (Wildman–Crippen LogP) is 4.21. The van der Waals surface area contributed by atoms with Gasteiger partial charge < -0.3 is 19.1 Å². The third-order valence-electron chi connectivity index (χ3n) is 5.70. The molecule has 4 rings (SSSR count). The Morgan fingerprint density at radius 2 is 1.81 bits per heavy atom. The van der Waals surface area contributed by atoms with Crippen LogP contribution in [-0.2, 0) is 4.79 Å². The van der Waals surface area contributed by atoms with Crippen molar-refractivity contribution in [2.45, 2.75) is 33.0 Å². The lowest BCUT2D eigenvalue weighted by atomic mass is 10.1. The molecule has 3 aromatic rings. The lowest BCUT2D eigenvalue weighted by molar-refractivity contribution is -0.130. The van der Waals surface area contributed by atoms with E-state index in [4.69, 9.17) is 19.2 Å². The van der Waals surface area contributed by atoms with E-state index in [0.29, 0.717) is 23.2 Å². The lowest BCUT2D eigenvalue weighted by Crippen LogP contribution is -2.52. The molecule has 0 N–H and O–H groups in total. The minimum atomic E-state index is -0.747. The van der Waals surface area contributed by atoms with Gasteiger partial charge >= 0.3 is 0 Å². The highest BCUT2D eigenvalue weighted by Crippen LogP contribution is 2.36. The van der Waals surface area contributed by atoms with Crippen LogP contribution in [-0.4, -0.2) is 61.3 Å². The molecular formula is C24H29N3O4S. The Hall–Kier alpha value is -2.84. The van der Waals surface area contributed by atoms with Crippen LogP contribution in [0.5, 0.6) is 17.2 Å². The average molecular weight is 456 g/mol. The topological polar surface area (TPSA) is 64.1 Å². The Labute approximate surface area is 192 Å². The monoisotopic (exact) mass is 455 g/mol. The van der Waals surface area contributed by atoms with Gasteiger partial charge in [-0.05, 0) is 50.3 Å². The van der Waals surface area contributed by atoms with Gasteiger partial charge in [0.25, 0.3) is 5.91 Å². The average Bonchev–Trinajstić information content (AvgIpc) is 3.24. The molecule has 1 aliphatic rings. The molecular weight excluding hydrogens is 426 g/mol. The van der Waals surface area contributed by atoms with E-state index >= 15 is 0 Å². The summed E-state index contributed by atoms with van der Waals surface area (Å²) in [5.74, 6) is 1.86. The van der Waals surface area contributed by atoms with Crippen molar-refractivity contribution in [1.29, 1.82) is 0 Å². The van der Waals surface area contributed by atoms with Crippen LogP contribution in [0.2, 0.25) is 0 Å². The molecule has 2 heterocycles. The number of hydrogen-bond donors (Lipinski definition) is 0. The number of benzene rings is 2. The van der Waals surface area contributed by atoms with Gasteiger partial charge in [0.15, 0.2) is 16.6 Å². The van der Waals surface area contributed by atoms with Crippen LogP contribution in [0.4, 0.5) is 5.13 Å². The summed E-state index contributed by atoms with van der Waals surface area (Å²) in [5.41, 5.74) is 0.839. The summed E-state index contributed by atoms with van der Waals surface area (Å²) in [7, 11) is 1.64. The SMILES string of the molecule is CCN(CC)CCN(C(=O)C1Oc2ccccc2OC1C)c1nc2ccc(OC)cc2s1. The fourth-order valence-corrected chi connectivity index (χ4v) is 4.79. The summed E-state index contributed by atoms with van der Waals surface area (Å²) in [6.07, 6.45) is -1.16. The van der Waals surface area contributed by atoms with E-state index in [-0.39, 0.29) is 5.91 Å². The van der Waals surface area contributed by atoms with Crippen LogP contribution in [0, 0.1) is 0 Å². The zero-order valence-corrected chi connectivity index (χ0v) is 19.7. The molecule has 2 aromatic carbocycles. The van der Waals surface area contributed by atoms with Gasteiger partial charge in [-0.1, -0.05) is 37.3 Å². The maximum Gasteiger partial charge on any atom is 0.273 e. The molecule has 0 bridgehead atoms. The molecule has 1 amide bonds. The second kappa shape index (κ2) is 9.75. The number of ether oxygens (including phenoxy) is 3. The number of fused-ring (bicyclic) bond motifs is 2. The predicted molar refractivity (Wildman–Crippen MR) is 127 cm³/mol. The number of amides is 1. The number of aromatic nitrogens is 1. The van der Waals surface area contributed by atoms with Gasteiger partial charge in [-0.25, -0.2) is 4.98 Å². The summed E-state index contributed by atoms with van der Waals surface area (Å²) >= 11 is 1.48. The molecule has 7 nitrogen and oxygen atoms in total. The molecule has 2 atom stereocenters. The Kier molecular flexibility index (Phi) is 6.81. The van der Waals surface area contributed by atoms with Crippen LogP contribution in [0.25, 0.3) is 10.2 Å². The van der Waals surface area contributed by atoms with E-state index in [1.807, 2.05) is 49.4 Å². The maximum atomic E-state index is 13.8. The standard InChI is InChI=1S/C24H29N3O4S/c1-5-26(6-2)13-14-27(24-25-18-12-11-17(29-4)15-21(18)32-24)23(28)22-16(3)30-19-9-7-8-10-20(19)31-22/h7-12,15-16,22H,5-6,13-14H2,1-4H3. The summed E-state index contributed by atoms with van der Waals surface area (Å²) < 4.78 is 18.4. The molecule has 0 aliphatic carbocycles. The zero-order chi connectivity index (χ0) is 22.7. The molecule has 0 saturated heterocycles. The molecule has 2 unspecified atom stereocenters. The number of carbonyl (C=O) groups is 1. The highest BCUT2D eigenvalue weighted by Gasteiger charge is 2.38. The minimum absolute atomic E-state index is 0.148. The number of methoxy groups -OCH3 is 1. The highest BCUT2D eigenvalue weighted by molar-refractivity contribution is 7.22. The Morgan fingerprint density at radius 3 is 2.50 bits per heavy atom. The van der Waals surface area contributed by atoms with Crippen LogP contribution < -0.4 is 19.1 Å². The fraction of sp³-hybridized carbons (Fsp3) is 0.417. The second-order valence-corrected chi connectivity index (χ2v) is 8.66. The second-order valence-electron chi connectivity index (χ2n) is 7.66. The number of rotatable bonds is 8. The molecule has 0 spiro atoms. The fourth-order valence-electron chi connectivity index (χ4n) is 3.76. The number of carbonyl (C=O) groups excluding carboxylic acids is 1. The van der Waals surface area contributed by atoms with Crippen LogP contribution in [0.15, 0.2) is 42.5 Å². The van der Waals surface area contributed by atoms with E-state index in [0.717, 1.165) is 35.6 Å². The van der Waals surface area contributed by atoms with Gasteiger partial charge in [0.1, 0.15) is 11.9 Å². The van der Waals surface area contributed by atoms with E-state index < -0.39 is 12.2 Å². The first-order valence-corrected chi connectivity index (χ1v) is 11.8. The first-order valence-electron chi connectivity index (χ1n) is 10.9. The van der Waals surface area contributed by atoms with Crippen molar-refractivity contribution in [3.8, 4) is 17.2 Å². The number of hydrogen-bond acceptors (Lipinski definition) is 7. The molecule has 0 radical (unpaired) electrons. The van der Waals surface area contributed by atoms with Gasteiger partial charge in [-0.15, -0.1) is 0 Å². The molecule has 0 fully saturated rings. The normalized spacial score (nSPS) is 17.5. The molecule has 8 heteroatoms. The number of anilines is 1. The summed E-state index contributed by atoms with van der Waals surface area (Å²) in [5, 5.41) is 0.653. The molecule has 1 aromatic heterocycles. The number of para-hydroxylation sites is 2. The van der Waals surface area contributed by atoms with Crippen LogP contribution >= 0.6 is 11.3 Å². The van der Waals surface area contributed by atoms with Crippen LogP contribution in [0.1, 0.15) is 20.8 Å². The highest BCUT2D eigenvalue weighted by atomic mass is 32.1. The molecule has 1 aliphatic heterocycles. The minimum Gasteiger partial charge on any atom is -0.497 e. The number of nitrogens with zero attached hydrogens (tertiary/aromatic N) is 3. The van der Waals surface area contributed by atoms with Crippen molar-refractivity contribution < 1.29 is 19.0 Å². The summed E-state index contributed by atoms with van der Waals surface area (Å²) in [4.78, 5) is 22.5. The van der Waals surface area contributed by atoms with Gasteiger partial charge in [0.05, 0.1) is 17.3 Å². The number of thiazole rings is 1. The van der Waals surface area contributed by atoms with E-state index in [2.05, 4.69) is 18.7 Å². The lowest BCUT2D eigenvalue weighted by Gasteiger charge is -2.34. The van der Waals surface area contributed by atoms with Crippen LogP contribution in [0.3, 0.4) is 0 Å². The van der Waals surface area contributed by atoms with Gasteiger partial charge in [0, 0.05) is 13.1 Å². The summed E-state index contributed by atoms with van der Waals surface area (Å²) in [6.45, 7) is 9.21. The maximum absolute atomic E-state index is 13.8. The molecule has 0 saturated carbocycles. The van der Waals surface area contributed by atoms with Gasteiger partial charge in [-0.3, -0.25) is 9.69 Å². The Balaban J connectivity index is 1.65. The van der Waals surface area contributed by atoms with Crippen molar-refractivity contribution in [2.24, 2.45) is 0 Å². The third kappa shape index (κ3) is 4.52.